The maximum absolute atomic E-state index is 9.64. The van der Waals surface area contributed by atoms with Gasteiger partial charge in [-0.3, -0.25) is 0 Å². The van der Waals surface area contributed by atoms with E-state index in [9.17, 15) is 5.11 Å². The number of hydrogen-bond acceptors (Lipinski definition) is 2. The predicted molar refractivity (Wildman–Crippen MR) is 90.0 cm³/mol. The van der Waals surface area contributed by atoms with Crippen molar-refractivity contribution in [2.75, 3.05) is 0 Å². The van der Waals surface area contributed by atoms with E-state index in [4.69, 9.17) is 0 Å². The minimum Gasteiger partial charge on any atom is -0.388 e. The van der Waals surface area contributed by atoms with Crippen LogP contribution in [0.1, 0.15) is 42.3 Å². The number of rotatable bonds is 4. The molecule has 0 spiro atoms. The van der Waals surface area contributed by atoms with Crippen molar-refractivity contribution in [2.45, 2.75) is 39.8 Å². The molecule has 1 aromatic heterocycles. The Balaban J connectivity index is 2.05. The number of aliphatic hydroxyl groups is 1. The summed E-state index contributed by atoms with van der Waals surface area (Å²) in [5.74, 6) is 1.20. The van der Waals surface area contributed by atoms with Gasteiger partial charge in [0.25, 0.3) is 0 Å². The highest BCUT2D eigenvalue weighted by atomic mass is 16.3. The zero-order valence-corrected chi connectivity index (χ0v) is 13.4. The number of aliphatic hydroxyl groups excluding tert-OH is 1. The highest BCUT2D eigenvalue weighted by Crippen LogP contribution is 2.23. The lowest BCUT2D eigenvalue weighted by molar-refractivity contribution is 0.267. The average Bonchev–Trinajstić information content (AvgIpc) is 2.86. The van der Waals surface area contributed by atoms with Gasteiger partial charge >= 0.3 is 0 Å². The summed E-state index contributed by atoms with van der Waals surface area (Å²) in [7, 11) is 0. The Bertz CT molecular complexity index is 785. The topological polar surface area (TPSA) is 38.0 Å². The fraction of sp³-hybridized carbons (Fsp3) is 0.316. The molecule has 3 aromatic rings. The molecule has 0 atom stereocenters. The number of nitrogens with zero attached hydrogens (tertiary/aromatic N) is 2. The largest absolute Gasteiger partial charge is 0.388 e. The Hall–Kier alpha value is -2.13. The third kappa shape index (κ3) is 2.77. The van der Waals surface area contributed by atoms with Gasteiger partial charge in [0, 0.05) is 6.54 Å². The molecule has 1 heterocycles. The average molecular weight is 294 g/mol. The third-order valence-electron chi connectivity index (χ3n) is 4.12. The molecule has 3 heteroatoms. The summed E-state index contributed by atoms with van der Waals surface area (Å²) >= 11 is 0. The van der Waals surface area contributed by atoms with Crippen LogP contribution >= 0.6 is 0 Å². The molecule has 0 unspecified atom stereocenters. The van der Waals surface area contributed by atoms with Gasteiger partial charge in [-0.1, -0.05) is 49.7 Å². The van der Waals surface area contributed by atoms with Crippen LogP contribution in [0.25, 0.3) is 11.0 Å². The van der Waals surface area contributed by atoms with E-state index in [1.807, 2.05) is 0 Å². The molecule has 0 aliphatic rings. The SMILES string of the molecule is Cc1ccc(Cn2c(CO)nc3cc(C(C)C)ccc32)cc1. The lowest BCUT2D eigenvalue weighted by Crippen LogP contribution is -2.05. The van der Waals surface area contributed by atoms with Crippen LogP contribution in [0.3, 0.4) is 0 Å². The predicted octanol–water partition coefficient (Wildman–Crippen LogP) is 4.01. The molecule has 114 valence electrons. The monoisotopic (exact) mass is 294 g/mol. The molecular formula is C19H22N2O. The maximum Gasteiger partial charge on any atom is 0.136 e. The number of aromatic nitrogens is 2. The molecule has 0 aliphatic heterocycles. The van der Waals surface area contributed by atoms with Gasteiger partial charge in [-0.2, -0.15) is 0 Å². The van der Waals surface area contributed by atoms with Crippen LogP contribution in [0, 0.1) is 6.92 Å². The number of hydrogen-bond donors (Lipinski definition) is 1. The van der Waals surface area contributed by atoms with E-state index in [0.29, 0.717) is 5.92 Å². The third-order valence-corrected chi connectivity index (χ3v) is 4.12. The molecular weight excluding hydrogens is 272 g/mol. The van der Waals surface area contributed by atoms with Gasteiger partial charge in [0.15, 0.2) is 0 Å². The fourth-order valence-corrected chi connectivity index (χ4v) is 2.73. The second-order valence-corrected chi connectivity index (χ2v) is 6.16. The lowest BCUT2D eigenvalue weighted by Gasteiger charge is -2.09. The highest BCUT2D eigenvalue weighted by molar-refractivity contribution is 5.77. The van der Waals surface area contributed by atoms with Crippen molar-refractivity contribution in [1.29, 1.82) is 0 Å². The van der Waals surface area contributed by atoms with Gasteiger partial charge in [-0.05, 0) is 36.1 Å². The molecule has 0 amide bonds. The first-order chi connectivity index (χ1) is 10.6. The van der Waals surface area contributed by atoms with E-state index in [-0.39, 0.29) is 6.61 Å². The molecule has 3 nitrogen and oxygen atoms in total. The number of benzene rings is 2. The number of imidazole rings is 1. The van der Waals surface area contributed by atoms with Crippen LogP contribution in [0.4, 0.5) is 0 Å². The summed E-state index contributed by atoms with van der Waals surface area (Å²) in [5, 5.41) is 9.64. The first-order valence-corrected chi connectivity index (χ1v) is 7.74. The minimum atomic E-state index is -0.0441. The molecule has 0 aliphatic carbocycles. The summed E-state index contributed by atoms with van der Waals surface area (Å²) in [6.45, 7) is 7.13. The van der Waals surface area contributed by atoms with Crippen molar-refractivity contribution in [3.05, 3.63) is 65.0 Å². The van der Waals surface area contributed by atoms with Crippen LogP contribution in [-0.2, 0) is 13.2 Å². The molecule has 0 bridgehead atoms. The van der Waals surface area contributed by atoms with Crippen LogP contribution in [0.15, 0.2) is 42.5 Å². The quantitative estimate of drug-likeness (QED) is 0.789. The Kier molecular flexibility index (Phi) is 3.99. The summed E-state index contributed by atoms with van der Waals surface area (Å²) < 4.78 is 2.10. The summed E-state index contributed by atoms with van der Waals surface area (Å²) in [6, 6.07) is 14.9. The zero-order valence-electron chi connectivity index (χ0n) is 13.4. The zero-order chi connectivity index (χ0) is 15.7. The minimum absolute atomic E-state index is 0.0441. The smallest absolute Gasteiger partial charge is 0.136 e. The molecule has 0 saturated carbocycles. The Morgan fingerprint density at radius 2 is 1.82 bits per heavy atom. The fourth-order valence-electron chi connectivity index (χ4n) is 2.73. The van der Waals surface area contributed by atoms with Crippen LogP contribution in [0.5, 0.6) is 0 Å². The molecule has 1 N–H and O–H groups in total. The van der Waals surface area contributed by atoms with Crippen molar-refractivity contribution >= 4 is 11.0 Å². The van der Waals surface area contributed by atoms with Crippen molar-refractivity contribution < 1.29 is 5.11 Å². The van der Waals surface area contributed by atoms with E-state index in [1.54, 1.807) is 0 Å². The van der Waals surface area contributed by atoms with E-state index in [0.717, 1.165) is 23.4 Å². The van der Waals surface area contributed by atoms with Crippen LogP contribution in [0.2, 0.25) is 0 Å². The maximum atomic E-state index is 9.64. The van der Waals surface area contributed by atoms with Crippen LogP contribution in [-0.4, -0.2) is 14.7 Å². The van der Waals surface area contributed by atoms with Crippen molar-refractivity contribution in [1.82, 2.24) is 9.55 Å². The van der Waals surface area contributed by atoms with Crippen molar-refractivity contribution in [3.8, 4) is 0 Å². The van der Waals surface area contributed by atoms with Gasteiger partial charge in [0.2, 0.25) is 0 Å². The van der Waals surface area contributed by atoms with Gasteiger partial charge in [0.1, 0.15) is 12.4 Å². The number of fused-ring (bicyclic) bond motifs is 1. The van der Waals surface area contributed by atoms with E-state index < -0.39 is 0 Å². The lowest BCUT2D eigenvalue weighted by atomic mass is 10.0. The second kappa shape index (κ2) is 5.93. The molecule has 0 fully saturated rings. The molecule has 0 radical (unpaired) electrons. The number of aryl methyl sites for hydroxylation is 1. The second-order valence-electron chi connectivity index (χ2n) is 6.16. The van der Waals surface area contributed by atoms with Gasteiger partial charge < -0.3 is 9.67 Å². The Morgan fingerprint density at radius 1 is 1.09 bits per heavy atom. The molecule has 3 rings (SSSR count). The Labute approximate surface area is 131 Å². The van der Waals surface area contributed by atoms with E-state index >= 15 is 0 Å². The van der Waals surface area contributed by atoms with Gasteiger partial charge in [-0.15, -0.1) is 0 Å². The van der Waals surface area contributed by atoms with Gasteiger partial charge in [-0.25, -0.2) is 4.98 Å². The molecule has 22 heavy (non-hydrogen) atoms. The van der Waals surface area contributed by atoms with Crippen LogP contribution < -0.4 is 0 Å². The van der Waals surface area contributed by atoms with E-state index in [1.165, 1.54) is 16.7 Å². The standard InChI is InChI=1S/C19H22N2O/c1-13(2)16-8-9-18-17(10-16)20-19(12-22)21(18)11-15-6-4-14(3)5-7-15/h4-10,13,22H,11-12H2,1-3H3. The summed E-state index contributed by atoms with van der Waals surface area (Å²) in [6.07, 6.45) is 0. The Morgan fingerprint density at radius 3 is 2.45 bits per heavy atom. The normalized spacial score (nSPS) is 11.5. The molecule has 2 aromatic carbocycles. The highest BCUT2D eigenvalue weighted by Gasteiger charge is 2.12. The first-order valence-electron chi connectivity index (χ1n) is 7.74. The first kappa shape index (κ1) is 14.8. The van der Waals surface area contributed by atoms with Crippen molar-refractivity contribution in [2.24, 2.45) is 0 Å². The summed E-state index contributed by atoms with van der Waals surface area (Å²) in [5.41, 5.74) is 5.78. The molecule has 0 saturated heterocycles. The van der Waals surface area contributed by atoms with Crippen molar-refractivity contribution in [3.63, 3.8) is 0 Å². The van der Waals surface area contributed by atoms with E-state index in [2.05, 4.69) is 72.8 Å². The van der Waals surface area contributed by atoms with Gasteiger partial charge in [0.05, 0.1) is 11.0 Å². The summed E-state index contributed by atoms with van der Waals surface area (Å²) in [4.78, 5) is 4.60.